The highest BCUT2D eigenvalue weighted by atomic mass is 16.6. The van der Waals surface area contributed by atoms with Crippen LogP contribution in [0, 0.1) is 6.92 Å². The molecular weight excluding hydrogens is 361 g/mol. The highest BCUT2D eigenvalue weighted by molar-refractivity contribution is 6.32. The molecule has 0 aliphatic rings. The van der Waals surface area contributed by atoms with Gasteiger partial charge in [0.15, 0.2) is 0 Å². The first-order chi connectivity index (χ1) is 13.5. The molecule has 0 saturated carbocycles. The SMILES string of the molecule is Cc1ccc(OCCC(=O)N[C@@H](Cc2coc3ccccc23)OB(O)O)cc1. The summed E-state index contributed by atoms with van der Waals surface area (Å²) >= 11 is 0. The number of rotatable bonds is 9. The van der Waals surface area contributed by atoms with Gasteiger partial charge >= 0.3 is 7.32 Å². The molecule has 1 aromatic heterocycles. The minimum Gasteiger partial charge on any atom is -0.493 e. The van der Waals surface area contributed by atoms with Gasteiger partial charge in [0, 0.05) is 17.4 Å². The van der Waals surface area contributed by atoms with Crippen molar-refractivity contribution in [2.75, 3.05) is 6.61 Å². The highest BCUT2D eigenvalue weighted by Gasteiger charge is 2.22. The van der Waals surface area contributed by atoms with E-state index < -0.39 is 13.5 Å². The van der Waals surface area contributed by atoms with Crippen molar-refractivity contribution in [2.24, 2.45) is 0 Å². The molecule has 28 heavy (non-hydrogen) atoms. The zero-order chi connectivity index (χ0) is 19.9. The van der Waals surface area contributed by atoms with Gasteiger partial charge < -0.3 is 29.2 Å². The molecule has 0 aliphatic carbocycles. The maximum atomic E-state index is 12.2. The van der Waals surface area contributed by atoms with Gasteiger partial charge in [-0.1, -0.05) is 35.9 Å². The van der Waals surface area contributed by atoms with Crippen LogP contribution in [-0.2, 0) is 15.9 Å². The van der Waals surface area contributed by atoms with E-state index in [0.717, 1.165) is 16.5 Å². The van der Waals surface area contributed by atoms with Gasteiger partial charge in [0.05, 0.1) is 19.3 Å². The fourth-order valence-corrected chi connectivity index (χ4v) is 2.82. The zero-order valence-corrected chi connectivity index (χ0v) is 15.5. The molecule has 0 fully saturated rings. The molecule has 0 radical (unpaired) electrons. The average molecular weight is 383 g/mol. The second-order valence-electron chi connectivity index (χ2n) is 6.39. The highest BCUT2D eigenvalue weighted by Crippen LogP contribution is 2.22. The number of aryl methyl sites for hydroxylation is 1. The van der Waals surface area contributed by atoms with Gasteiger partial charge in [-0.3, -0.25) is 4.79 Å². The fourth-order valence-electron chi connectivity index (χ4n) is 2.82. The van der Waals surface area contributed by atoms with Gasteiger partial charge in [-0.05, 0) is 25.1 Å². The Hall–Kier alpha value is -2.81. The van der Waals surface area contributed by atoms with Gasteiger partial charge in [-0.2, -0.15) is 0 Å². The molecule has 0 aliphatic heterocycles. The number of carbonyl (C=O) groups excluding carboxylic acids is 1. The Bertz CT molecular complexity index is 908. The van der Waals surface area contributed by atoms with Crippen molar-refractivity contribution in [3.8, 4) is 5.75 Å². The summed E-state index contributed by atoms with van der Waals surface area (Å²) < 4.78 is 16.0. The van der Waals surface area contributed by atoms with E-state index in [1.807, 2.05) is 55.5 Å². The van der Waals surface area contributed by atoms with Crippen molar-refractivity contribution in [3.05, 3.63) is 65.9 Å². The standard InChI is InChI=1S/C20H22BNO6/c1-14-6-8-16(9-7-14)26-11-10-19(23)22-20(28-21(24)25)12-15-13-27-18-5-3-2-4-17(15)18/h2-9,13,20,24-25H,10-12H2,1H3,(H,22,23)/t20-/m1/s1. The minimum atomic E-state index is -2.01. The maximum Gasteiger partial charge on any atom is 0.635 e. The number of fused-ring (bicyclic) bond motifs is 1. The van der Waals surface area contributed by atoms with E-state index >= 15 is 0 Å². The van der Waals surface area contributed by atoms with Crippen molar-refractivity contribution in [3.63, 3.8) is 0 Å². The van der Waals surface area contributed by atoms with Crippen LogP contribution in [0.4, 0.5) is 0 Å². The Morgan fingerprint density at radius 1 is 1.18 bits per heavy atom. The first-order valence-electron chi connectivity index (χ1n) is 8.97. The average Bonchev–Trinajstić information content (AvgIpc) is 3.06. The van der Waals surface area contributed by atoms with Crippen LogP contribution in [0.25, 0.3) is 11.0 Å². The number of furan rings is 1. The molecule has 3 N–H and O–H groups in total. The normalized spacial score (nSPS) is 12.0. The number of hydrogen-bond acceptors (Lipinski definition) is 6. The monoisotopic (exact) mass is 383 g/mol. The number of benzene rings is 2. The number of amides is 1. The molecule has 3 rings (SSSR count). The lowest BCUT2D eigenvalue weighted by atomic mass is 10.1. The maximum absolute atomic E-state index is 12.2. The molecule has 0 unspecified atom stereocenters. The Labute approximate surface area is 163 Å². The van der Waals surface area contributed by atoms with Gasteiger partial charge in [-0.15, -0.1) is 0 Å². The molecule has 1 heterocycles. The zero-order valence-electron chi connectivity index (χ0n) is 15.5. The lowest BCUT2D eigenvalue weighted by molar-refractivity contribution is -0.124. The number of hydrogen-bond donors (Lipinski definition) is 3. The van der Waals surface area contributed by atoms with Crippen LogP contribution in [0.1, 0.15) is 17.5 Å². The van der Waals surface area contributed by atoms with Crippen LogP contribution in [0.5, 0.6) is 5.75 Å². The van der Waals surface area contributed by atoms with Gasteiger partial charge in [0.1, 0.15) is 17.6 Å². The lowest BCUT2D eigenvalue weighted by Gasteiger charge is -2.19. The van der Waals surface area contributed by atoms with Gasteiger partial charge in [0.2, 0.25) is 5.91 Å². The first-order valence-corrected chi connectivity index (χ1v) is 8.97. The van der Waals surface area contributed by atoms with E-state index in [1.165, 1.54) is 0 Å². The second-order valence-corrected chi connectivity index (χ2v) is 6.39. The fraction of sp³-hybridized carbons (Fsp3) is 0.250. The van der Waals surface area contributed by atoms with Gasteiger partial charge in [-0.25, -0.2) is 0 Å². The van der Waals surface area contributed by atoms with Gasteiger partial charge in [0.25, 0.3) is 0 Å². The number of ether oxygens (including phenoxy) is 1. The molecule has 7 nitrogen and oxygen atoms in total. The number of carbonyl (C=O) groups is 1. The third kappa shape index (κ3) is 5.59. The summed E-state index contributed by atoms with van der Waals surface area (Å²) in [6.07, 6.45) is 0.964. The predicted molar refractivity (Wildman–Crippen MR) is 104 cm³/mol. The molecule has 0 bridgehead atoms. The van der Waals surface area contributed by atoms with Crippen molar-refractivity contribution >= 4 is 24.2 Å². The summed E-state index contributed by atoms with van der Waals surface area (Å²) in [7, 11) is -2.01. The summed E-state index contributed by atoms with van der Waals surface area (Å²) in [4.78, 5) is 12.2. The van der Waals surface area contributed by atoms with E-state index in [4.69, 9.17) is 23.9 Å². The Kier molecular flexibility index (Phi) is 6.70. The van der Waals surface area contributed by atoms with Crippen LogP contribution < -0.4 is 10.1 Å². The topological polar surface area (TPSA) is 101 Å². The number of nitrogens with one attached hydrogen (secondary N) is 1. The molecule has 0 spiro atoms. The third-order valence-corrected chi connectivity index (χ3v) is 4.19. The quantitative estimate of drug-likeness (QED) is 0.387. The molecule has 8 heteroatoms. The molecular formula is C20H22BNO6. The summed E-state index contributed by atoms with van der Waals surface area (Å²) in [6, 6.07) is 15.0. The summed E-state index contributed by atoms with van der Waals surface area (Å²) in [5.41, 5.74) is 2.62. The summed E-state index contributed by atoms with van der Waals surface area (Å²) in [5, 5.41) is 21.8. The first kappa shape index (κ1) is 19.9. The molecule has 2 aromatic carbocycles. The third-order valence-electron chi connectivity index (χ3n) is 4.19. The van der Waals surface area contributed by atoms with Crippen molar-refractivity contribution in [1.29, 1.82) is 0 Å². The lowest BCUT2D eigenvalue weighted by Crippen LogP contribution is -2.42. The van der Waals surface area contributed by atoms with E-state index in [2.05, 4.69) is 5.32 Å². The molecule has 1 atom stereocenters. The van der Waals surface area contributed by atoms with Crippen molar-refractivity contribution in [2.45, 2.75) is 26.0 Å². The van der Waals surface area contributed by atoms with E-state index in [9.17, 15) is 4.79 Å². The summed E-state index contributed by atoms with van der Waals surface area (Å²) in [6.45, 7) is 2.17. The second kappa shape index (κ2) is 9.41. The molecule has 146 valence electrons. The van der Waals surface area contributed by atoms with E-state index in [-0.39, 0.29) is 25.4 Å². The smallest absolute Gasteiger partial charge is 0.493 e. The van der Waals surface area contributed by atoms with Crippen LogP contribution in [-0.4, -0.2) is 36.1 Å². The van der Waals surface area contributed by atoms with Crippen molar-refractivity contribution < 1.29 is 28.7 Å². The minimum absolute atomic E-state index is 0.0986. The number of para-hydroxylation sites is 1. The van der Waals surface area contributed by atoms with Crippen LogP contribution in [0.2, 0.25) is 0 Å². The molecule has 1 amide bonds. The van der Waals surface area contributed by atoms with Crippen LogP contribution in [0.15, 0.2) is 59.2 Å². The Balaban J connectivity index is 1.55. The Morgan fingerprint density at radius 3 is 2.68 bits per heavy atom. The summed E-state index contributed by atoms with van der Waals surface area (Å²) in [5.74, 6) is 0.354. The largest absolute Gasteiger partial charge is 0.635 e. The van der Waals surface area contributed by atoms with E-state index in [0.29, 0.717) is 11.3 Å². The van der Waals surface area contributed by atoms with Crippen molar-refractivity contribution in [1.82, 2.24) is 5.32 Å². The molecule has 3 aromatic rings. The van der Waals surface area contributed by atoms with E-state index in [1.54, 1.807) is 6.26 Å². The van der Waals surface area contributed by atoms with Crippen LogP contribution >= 0.6 is 0 Å². The molecule has 0 saturated heterocycles. The Morgan fingerprint density at radius 2 is 1.93 bits per heavy atom. The predicted octanol–water partition coefficient (Wildman–Crippen LogP) is 2.18. The van der Waals surface area contributed by atoms with Crippen LogP contribution in [0.3, 0.4) is 0 Å².